The number of rotatable bonds is 3. The fourth-order valence-electron chi connectivity index (χ4n) is 0.588. The van der Waals surface area contributed by atoms with E-state index in [-0.39, 0.29) is 6.61 Å². The smallest absolute Gasteiger partial charge is 0.369 e. The van der Waals surface area contributed by atoms with Crippen LogP contribution in [0.5, 0.6) is 0 Å². The Hall–Kier alpha value is 0.330. The zero-order valence-corrected chi connectivity index (χ0v) is 6.80. The van der Waals surface area contributed by atoms with Gasteiger partial charge in [0.05, 0.1) is 12.7 Å². The fraction of sp³-hybridized carbons (Fsp3) is 1.00. The van der Waals surface area contributed by atoms with E-state index in [1.54, 1.807) is 0 Å². The Labute approximate surface area is 71.4 Å². The molecule has 1 nitrogen and oxygen atoms in total. The summed E-state index contributed by atoms with van der Waals surface area (Å²) in [5, 5.41) is -7.24. The first kappa shape index (κ1) is 9.42. The molecule has 0 bridgehead atoms. The maximum absolute atomic E-state index is 12.7. The second-order valence-electron chi connectivity index (χ2n) is 2.36. The Morgan fingerprint density at radius 1 is 1.36 bits per heavy atom. The molecule has 0 N–H and O–H groups in total. The van der Waals surface area contributed by atoms with Crippen molar-refractivity contribution in [1.82, 2.24) is 0 Å². The van der Waals surface area contributed by atoms with Crippen molar-refractivity contribution in [2.24, 2.45) is 0 Å². The van der Waals surface area contributed by atoms with Gasteiger partial charge in [-0.15, -0.1) is 0 Å². The van der Waals surface area contributed by atoms with Gasteiger partial charge in [0.25, 0.3) is 5.13 Å². The van der Waals surface area contributed by atoms with Gasteiger partial charge in [0, 0.05) is 6.42 Å². The lowest BCUT2D eigenvalue weighted by atomic mass is 10.2. The lowest BCUT2D eigenvalue weighted by Gasteiger charge is -2.21. The first-order valence-corrected chi connectivity index (χ1v) is 3.65. The average Bonchev–Trinajstić information content (AvgIpc) is 2.45. The van der Waals surface area contributed by atoms with Crippen LogP contribution in [0.1, 0.15) is 6.42 Å². The molecule has 6 heteroatoms. The molecule has 11 heavy (non-hydrogen) atoms. The van der Waals surface area contributed by atoms with Gasteiger partial charge in [0.15, 0.2) is 0 Å². The summed E-state index contributed by atoms with van der Waals surface area (Å²) >= 11 is 9.22. The minimum atomic E-state index is -4.04. The molecule has 0 amide bonds. The van der Waals surface area contributed by atoms with Crippen molar-refractivity contribution in [3.63, 3.8) is 0 Å². The third-order valence-electron chi connectivity index (χ3n) is 1.30. The van der Waals surface area contributed by atoms with E-state index in [1.165, 1.54) is 0 Å². The molecule has 0 aromatic carbocycles. The van der Waals surface area contributed by atoms with E-state index in [4.69, 9.17) is 11.6 Å². The minimum Gasteiger partial charge on any atom is -0.373 e. The summed E-state index contributed by atoms with van der Waals surface area (Å²) in [6.45, 7) is 0.269. The van der Waals surface area contributed by atoms with Gasteiger partial charge in [-0.3, -0.25) is 0 Å². The summed E-state index contributed by atoms with van der Waals surface area (Å²) in [4.78, 5) is 0. The predicted molar refractivity (Wildman–Crippen MR) is 34.8 cm³/mol. The van der Waals surface area contributed by atoms with Gasteiger partial charge in [-0.1, -0.05) is 11.6 Å². The molecule has 0 radical (unpaired) electrons. The van der Waals surface area contributed by atoms with Gasteiger partial charge in [-0.25, -0.2) is 4.39 Å². The Morgan fingerprint density at radius 3 is 2.09 bits per heavy atom. The van der Waals surface area contributed by atoms with Crippen LogP contribution >= 0.6 is 23.2 Å². The first-order chi connectivity index (χ1) is 4.83. The molecule has 2 atom stereocenters. The molecule has 0 aromatic heterocycles. The van der Waals surface area contributed by atoms with Crippen LogP contribution in [-0.4, -0.2) is 23.2 Å². The fourth-order valence-corrected chi connectivity index (χ4v) is 0.837. The average molecular weight is 209 g/mol. The van der Waals surface area contributed by atoms with E-state index in [0.717, 1.165) is 0 Å². The predicted octanol–water partition coefficient (Wildman–Crippen LogP) is 2.51. The van der Waals surface area contributed by atoms with Crippen LogP contribution in [0.25, 0.3) is 0 Å². The van der Waals surface area contributed by atoms with Crippen LogP contribution in [0, 0.1) is 0 Å². The van der Waals surface area contributed by atoms with E-state index in [9.17, 15) is 13.2 Å². The van der Waals surface area contributed by atoms with Crippen molar-refractivity contribution in [2.45, 2.75) is 23.0 Å². The Bertz CT molecular complexity index is 152. The molecule has 0 unspecified atom stereocenters. The van der Waals surface area contributed by atoms with Crippen molar-refractivity contribution in [1.29, 1.82) is 0 Å². The summed E-state index contributed by atoms with van der Waals surface area (Å²) in [6, 6.07) is 0. The van der Waals surface area contributed by atoms with E-state index in [1.807, 2.05) is 0 Å². The molecule has 0 aliphatic carbocycles. The largest absolute Gasteiger partial charge is 0.373 e. The van der Waals surface area contributed by atoms with Crippen molar-refractivity contribution < 1.29 is 17.9 Å². The molecule has 1 rings (SSSR count). The van der Waals surface area contributed by atoms with Gasteiger partial charge in [0.1, 0.15) is 0 Å². The lowest BCUT2D eigenvalue weighted by Crippen LogP contribution is -2.35. The molecule has 66 valence electrons. The van der Waals surface area contributed by atoms with Gasteiger partial charge in [-0.2, -0.15) is 8.78 Å². The van der Waals surface area contributed by atoms with Gasteiger partial charge < -0.3 is 4.74 Å². The van der Waals surface area contributed by atoms with Crippen LogP contribution in [-0.2, 0) is 4.74 Å². The van der Waals surface area contributed by atoms with E-state index < -0.39 is 23.0 Å². The molecule has 1 aliphatic heterocycles. The first-order valence-electron chi connectivity index (χ1n) is 2.89. The number of alkyl halides is 5. The molecule has 0 aromatic rings. The molecule has 1 saturated heterocycles. The highest BCUT2D eigenvalue weighted by molar-refractivity contribution is 6.32. The minimum absolute atomic E-state index is 0.269. The quantitative estimate of drug-likeness (QED) is 0.513. The van der Waals surface area contributed by atoms with E-state index in [0.29, 0.717) is 0 Å². The summed E-state index contributed by atoms with van der Waals surface area (Å²) < 4.78 is 41.4. The van der Waals surface area contributed by atoms with Crippen molar-refractivity contribution in [3.8, 4) is 0 Å². The van der Waals surface area contributed by atoms with Crippen LogP contribution in [0.3, 0.4) is 0 Å². The highest BCUT2D eigenvalue weighted by atomic mass is 35.5. The molecule has 0 saturated carbocycles. The summed E-state index contributed by atoms with van der Waals surface area (Å²) in [7, 11) is 0. The molecule has 1 fully saturated rings. The van der Waals surface area contributed by atoms with E-state index in [2.05, 4.69) is 16.3 Å². The second kappa shape index (κ2) is 2.68. The Morgan fingerprint density at radius 2 is 1.82 bits per heavy atom. The number of ether oxygens (including phenoxy) is 1. The monoisotopic (exact) mass is 208 g/mol. The van der Waals surface area contributed by atoms with Gasteiger partial charge in [-0.05, 0) is 11.6 Å². The van der Waals surface area contributed by atoms with Crippen molar-refractivity contribution in [2.75, 3.05) is 6.61 Å². The zero-order valence-electron chi connectivity index (χ0n) is 5.29. The topological polar surface area (TPSA) is 12.5 Å². The third kappa shape index (κ3) is 2.39. The molecule has 0 spiro atoms. The number of epoxide rings is 1. The SMILES string of the molecule is FC(F)(Cl)[C@](F)(Cl)C[C@@H]1CO1. The maximum atomic E-state index is 12.7. The van der Waals surface area contributed by atoms with Crippen molar-refractivity contribution >= 4 is 23.2 Å². The van der Waals surface area contributed by atoms with Crippen LogP contribution in [0.4, 0.5) is 13.2 Å². The van der Waals surface area contributed by atoms with Crippen LogP contribution < -0.4 is 0 Å². The molecular weight excluding hydrogens is 204 g/mol. The number of hydrogen-bond donors (Lipinski definition) is 0. The maximum Gasteiger partial charge on any atom is 0.369 e. The molecule has 1 aliphatic rings. The molecular formula is C5H5Cl2F3O. The zero-order chi connectivity index (χ0) is 8.70. The van der Waals surface area contributed by atoms with E-state index >= 15 is 0 Å². The summed E-state index contributed by atoms with van der Waals surface area (Å²) in [5.41, 5.74) is 0. The molecule has 1 heterocycles. The highest BCUT2D eigenvalue weighted by Crippen LogP contribution is 2.44. The van der Waals surface area contributed by atoms with Gasteiger partial charge >= 0.3 is 5.38 Å². The summed E-state index contributed by atoms with van der Waals surface area (Å²) in [5.74, 6) is 0. The Kier molecular flexibility index (Phi) is 2.29. The standard InChI is InChI=1S/C5H5Cl2F3O/c6-4(8,5(7,9)10)1-3-2-11-3/h3H,1-2H2/t3-,4+/m1/s1. The van der Waals surface area contributed by atoms with Crippen LogP contribution in [0.2, 0.25) is 0 Å². The Balaban J connectivity index is 2.49. The second-order valence-corrected chi connectivity index (χ2v) is 3.44. The highest BCUT2D eigenvalue weighted by Gasteiger charge is 2.55. The van der Waals surface area contributed by atoms with Crippen LogP contribution in [0.15, 0.2) is 0 Å². The number of hydrogen-bond acceptors (Lipinski definition) is 1. The normalized spacial score (nSPS) is 29.7. The third-order valence-corrected chi connectivity index (χ3v) is 2.09. The summed E-state index contributed by atoms with van der Waals surface area (Å²) in [6.07, 6.45) is -1.09. The number of halogens is 5. The van der Waals surface area contributed by atoms with Crippen molar-refractivity contribution in [3.05, 3.63) is 0 Å². The lowest BCUT2D eigenvalue weighted by molar-refractivity contribution is -0.0271. The van der Waals surface area contributed by atoms with Gasteiger partial charge in [0.2, 0.25) is 0 Å².